The van der Waals surface area contributed by atoms with E-state index in [1.807, 2.05) is 13.8 Å². The van der Waals surface area contributed by atoms with Crippen molar-refractivity contribution in [2.24, 2.45) is 5.92 Å². The highest BCUT2D eigenvalue weighted by molar-refractivity contribution is 6.00. The van der Waals surface area contributed by atoms with Gasteiger partial charge in [-0.3, -0.25) is 9.59 Å². The molecule has 2 unspecified atom stereocenters. The van der Waals surface area contributed by atoms with E-state index < -0.39 is 18.0 Å². The number of hydrogen-bond acceptors (Lipinski definition) is 4. The molecule has 0 rings (SSSR count). The van der Waals surface area contributed by atoms with Crippen LogP contribution in [0.15, 0.2) is 0 Å². The van der Waals surface area contributed by atoms with E-state index in [-0.39, 0.29) is 5.78 Å². The van der Waals surface area contributed by atoms with E-state index in [4.69, 9.17) is 4.74 Å². The Morgan fingerprint density at radius 3 is 2.21 bits per heavy atom. The average Bonchev–Trinajstić information content (AvgIpc) is 2.22. The van der Waals surface area contributed by atoms with Crippen LogP contribution in [0.1, 0.15) is 27.2 Å². The van der Waals surface area contributed by atoms with Gasteiger partial charge in [-0.1, -0.05) is 6.92 Å². The van der Waals surface area contributed by atoms with Crippen LogP contribution in [0.2, 0.25) is 0 Å². The molecule has 0 bridgehead atoms. The zero-order valence-electron chi connectivity index (χ0n) is 9.20. The van der Waals surface area contributed by atoms with Gasteiger partial charge in [0.2, 0.25) is 0 Å². The lowest BCUT2D eigenvalue weighted by Crippen LogP contribution is -2.33. The Hall–Kier alpha value is -0.900. The molecule has 0 aromatic rings. The Bertz CT molecular complexity index is 200. The van der Waals surface area contributed by atoms with Gasteiger partial charge in [0, 0.05) is 6.61 Å². The molecule has 0 amide bonds. The molecule has 0 saturated heterocycles. The summed E-state index contributed by atoms with van der Waals surface area (Å²) in [6, 6.07) is 0. The molecule has 0 aliphatic rings. The van der Waals surface area contributed by atoms with Crippen molar-refractivity contribution in [3.8, 4) is 0 Å². The topological polar surface area (TPSA) is 52.6 Å². The SMILES string of the molecule is CCOC(CC)C(=O)C(C)C(=O)OC. The molecule has 4 heteroatoms. The first-order valence-corrected chi connectivity index (χ1v) is 4.81. The third-order valence-electron chi connectivity index (χ3n) is 2.04. The van der Waals surface area contributed by atoms with Crippen molar-refractivity contribution in [1.29, 1.82) is 0 Å². The van der Waals surface area contributed by atoms with Crippen molar-refractivity contribution in [2.45, 2.75) is 33.3 Å². The molecule has 0 aromatic carbocycles. The van der Waals surface area contributed by atoms with Gasteiger partial charge in [0.25, 0.3) is 0 Å². The summed E-state index contributed by atoms with van der Waals surface area (Å²) in [5.41, 5.74) is 0. The molecule has 82 valence electrons. The molecule has 0 heterocycles. The summed E-state index contributed by atoms with van der Waals surface area (Å²) < 4.78 is 9.70. The Morgan fingerprint density at radius 1 is 1.29 bits per heavy atom. The van der Waals surface area contributed by atoms with Gasteiger partial charge >= 0.3 is 5.97 Å². The molecule has 0 aliphatic heterocycles. The van der Waals surface area contributed by atoms with Crippen LogP contribution in [-0.4, -0.2) is 31.6 Å². The first kappa shape index (κ1) is 13.1. The molecule has 14 heavy (non-hydrogen) atoms. The summed E-state index contributed by atoms with van der Waals surface area (Å²) >= 11 is 0. The van der Waals surface area contributed by atoms with Gasteiger partial charge in [-0.15, -0.1) is 0 Å². The van der Waals surface area contributed by atoms with Crippen LogP contribution in [-0.2, 0) is 19.1 Å². The lowest BCUT2D eigenvalue weighted by Gasteiger charge is -2.16. The van der Waals surface area contributed by atoms with Gasteiger partial charge in [-0.05, 0) is 20.3 Å². The van der Waals surface area contributed by atoms with Crippen molar-refractivity contribution < 1.29 is 19.1 Å². The highest BCUT2D eigenvalue weighted by atomic mass is 16.5. The number of carbonyl (C=O) groups is 2. The zero-order valence-corrected chi connectivity index (χ0v) is 9.20. The number of Topliss-reactive ketones (excluding diaryl/α,β-unsaturated/α-hetero) is 1. The first-order chi connectivity index (χ1) is 6.58. The number of rotatable bonds is 6. The predicted molar refractivity (Wildman–Crippen MR) is 51.9 cm³/mol. The maximum Gasteiger partial charge on any atom is 0.316 e. The van der Waals surface area contributed by atoms with Crippen LogP contribution < -0.4 is 0 Å². The number of esters is 1. The summed E-state index contributed by atoms with van der Waals surface area (Å²) in [6.07, 6.45) is 0.0858. The van der Waals surface area contributed by atoms with Crippen molar-refractivity contribution in [1.82, 2.24) is 0 Å². The van der Waals surface area contributed by atoms with E-state index in [0.717, 1.165) is 0 Å². The second kappa shape index (κ2) is 6.54. The monoisotopic (exact) mass is 202 g/mol. The predicted octanol–water partition coefficient (Wildman–Crippen LogP) is 1.18. The minimum atomic E-state index is -0.739. The maximum absolute atomic E-state index is 11.6. The molecule has 4 nitrogen and oxygen atoms in total. The molecule has 0 spiro atoms. The van der Waals surface area contributed by atoms with Gasteiger partial charge in [-0.2, -0.15) is 0 Å². The number of ketones is 1. The lowest BCUT2D eigenvalue weighted by atomic mass is 10.0. The summed E-state index contributed by atoms with van der Waals surface area (Å²) in [5.74, 6) is -1.45. The third kappa shape index (κ3) is 3.46. The minimum Gasteiger partial charge on any atom is -0.468 e. The maximum atomic E-state index is 11.6. The largest absolute Gasteiger partial charge is 0.468 e. The van der Waals surface area contributed by atoms with E-state index in [0.29, 0.717) is 13.0 Å². The third-order valence-corrected chi connectivity index (χ3v) is 2.04. The Labute approximate surface area is 84.6 Å². The first-order valence-electron chi connectivity index (χ1n) is 4.81. The summed E-state index contributed by atoms with van der Waals surface area (Å²) in [6.45, 7) is 5.68. The number of methoxy groups -OCH3 is 1. The highest BCUT2D eigenvalue weighted by Gasteiger charge is 2.28. The van der Waals surface area contributed by atoms with Crippen molar-refractivity contribution in [3.63, 3.8) is 0 Å². The van der Waals surface area contributed by atoms with Crippen LogP contribution in [0.3, 0.4) is 0 Å². The van der Waals surface area contributed by atoms with Crippen molar-refractivity contribution >= 4 is 11.8 Å². The Balaban J connectivity index is 4.33. The van der Waals surface area contributed by atoms with Crippen LogP contribution >= 0.6 is 0 Å². The molecule has 0 aromatic heterocycles. The smallest absolute Gasteiger partial charge is 0.316 e. The fraction of sp³-hybridized carbons (Fsp3) is 0.800. The second-order valence-corrected chi connectivity index (χ2v) is 3.00. The second-order valence-electron chi connectivity index (χ2n) is 3.00. The zero-order chi connectivity index (χ0) is 11.1. The molecule has 0 aliphatic carbocycles. The van der Waals surface area contributed by atoms with E-state index in [1.54, 1.807) is 0 Å². The number of hydrogen-bond donors (Lipinski definition) is 0. The molecule has 0 N–H and O–H groups in total. The van der Waals surface area contributed by atoms with E-state index in [1.165, 1.54) is 14.0 Å². The normalized spacial score (nSPS) is 14.6. The molecular weight excluding hydrogens is 184 g/mol. The van der Waals surface area contributed by atoms with Crippen LogP contribution in [0.4, 0.5) is 0 Å². The van der Waals surface area contributed by atoms with Crippen LogP contribution in [0.5, 0.6) is 0 Å². The van der Waals surface area contributed by atoms with Gasteiger partial charge in [0.05, 0.1) is 7.11 Å². The Kier molecular flexibility index (Phi) is 6.12. The fourth-order valence-electron chi connectivity index (χ4n) is 1.17. The summed E-state index contributed by atoms with van der Waals surface area (Å²) in [5, 5.41) is 0. The minimum absolute atomic E-state index is 0.207. The van der Waals surface area contributed by atoms with Crippen LogP contribution in [0, 0.1) is 5.92 Å². The fourth-order valence-corrected chi connectivity index (χ4v) is 1.17. The van der Waals surface area contributed by atoms with Crippen LogP contribution in [0.25, 0.3) is 0 Å². The van der Waals surface area contributed by atoms with Gasteiger partial charge in [-0.25, -0.2) is 0 Å². The van der Waals surface area contributed by atoms with E-state index >= 15 is 0 Å². The Morgan fingerprint density at radius 2 is 1.86 bits per heavy atom. The summed E-state index contributed by atoms with van der Waals surface area (Å²) in [7, 11) is 1.27. The van der Waals surface area contributed by atoms with Gasteiger partial charge in [0.1, 0.15) is 12.0 Å². The van der Waals surface area contributed by atoms with Crippen molar-refractivity contribution in [3.05, 3.63) is 0 Å². The molecule has 0 radical (unpaired) electrons. The lowest BCUT2D eigenvalue weighted by molar-refractivity contribution is -0.152. The van der Waals surface area contributed by atoms with E-state index in [2.05, 4.69) is 4.74 Å². The molecule has 0 saturated carbocycles. The summed E-state index contributed by atoms with van der Waals surface area (Å²) in [4.78, 5) is 22.7. The molecular formula is C10H18O4. The van der Waals surface area contributed by atoms with Gasteiger partial charge in [0.15, 0.2) is 5.78 Å². The molecule has 0 fully saturated rings. The average molecular weight is 202 g/mol. The standard InChI is InChI=1S/C10H18O4/c1-5-8(14-6-2)9(11)7(3)10(12)13-4/h7-8H,5-6H2,1-4H3. The quantitative estimate of drug-likeness (QED) is 0.479. The van der Waals surface area contributed by atoms with E-state index in [9.17, 15) is 9.59 Å². The highest BCUT2D eigenvalue weighted by Crippen LogP contribution is 2.09. The van der Waals surface area contributed by atoms with Crippen molar-refractivity contribution in [2.75, 3.05) is 13.7 Å². The number of ether oxygens (including phenoxy) is 2. The van der Waals surface area contributed by atoms with Gasteiger partial charge < -0.3 is 9.47 Å². The molecule has 2 atom stereocenters. The number of carbonyl (C=O) groups excluding carboxylic acids is 2.